The summed E-state index contributed by atoms with van der Waals surface area (Å²) in [4.78, 5) is 5.81. The van der Waals surface area contributed by atoms with Gasteiger partial charge in [-0.05, 0) is 37.3 Å². The van der Waals surface area contributed by atoms with E-state index in [0.29, 0.717) is 0 Å². The highest BCUT2D eigenvalue weighted by atomic mass is 32.1. The van der Waals surface area contributed by atoms with Crippen molar-refractivity contribution >= 4 is 11.3 Å². The molecule has 0 aliphatic carbocycles. The molecule has 2 N–H and O–H groups in total. The molecule has 4 heteroatoms. The first-order valence-electron chi connectivity index (χ1n) is 6.46. The van der Waals surface area contributed by atoms with Crippen LogP contribution < -0.4 is 5.73 Å². The zero-order valence-electron chi connectivity index (χ0n) is 11.3. The van der Waals surface area contributed by atoms with Gasteiger partial charge in [0.1, 0.15) is 5.82 Å². The number of hydrogen-bond acceptors (Lipinski definition) is 3. The molecule has 18 heavy (non-hydrogen) atoms. The van der Waals surface area contributed by atoms with E-state index >= 15 is 0 Å². The highest BCUT2D eigenvalue weighted by molar-refractivity contribution is 7.10. The SMILES string of the molecule is CCCc1nccn1C(c1sccc1C)C(C)N. The zero-order valence-corrected chi connectivity index (χ0v) is 12.1. The lowest BCUT2D eigenvalue weighted by Crippen LogP contribution is -2.30. The molecule has 0 aliphatic heterocycles. The molecular formula is C14H21N3S. The van der Waals surface area contributed by atoms with Crippen molar-refractivity contribution in [2.24, 2.45) is 5.73 Å². The predicted molar refractivity (Wildman–Crippen MR) is 77.1 cm³/mol. The lowest BCUT2D eigenvalue weighted by molar-refractivity contribution is 0.483. The Morgan fingerprint density at radius 2 is 2.28 bits per heavy atom. The first-order chi connectivity index (χ1) is 8.65. The molecule has 0 fully saturated rings. The fraction of sp³-hybridized carbons (Fsp3) is 0.500. The van der Waals surface area contributed by atoms with E-state index in [2.05, 4.69) is 48.0 Å². The molecular weight excluding hydrogens is 242 g/mol. The second-order valence-corrected chi connectivity index (χ2v) is 5.72. The summed E-state index contributed by atoms with van der Waals surface area (Å²) in [6.45, 7) is 6.40. The number of thiophene rings is 1. The Morgan fingerprint density at radius 3 is 2.83 bits per heavy atom. The van der Waals surface area contributed by atoms with E-state index in [1.807, 2.05) is 6.20 Å². The van der Waals surface area contributed by atoms with Gasteiger partial charge in [-0.15, -0.1) is 11.3 Å². The Labute approximate surface area is 113 Å². The van der Waals surface area contributed by atoms with Gasteiger partial charge in [-0.2, -0.15) is 0 Å². The number of imidazole rings is 1. The number of rotatable bonds is 5. The Bertz CT molecular complexity index is 499. The van der Waals surface area contributed by atoms with Crippen molar-refractivity contribution in [3.05, 3.63) is 40.1 Å². The normalized spacial score (nSPS) is 14.7. The maximum Gasteiger partial charge on any atom is 0.109 e. The van der Waals surface area contributed by atoms with E-state index in [-0.39, 0.29) is 12.1 Å². The zero-order chi connectivity index (χ0) is 13.1. The van der Waals surface area contributed by atoms with Crippen molar-refractivity contribution in [1.29, 1.82) is 0 Å². The topological polar surface area (TPSA) is 43.8 Å². The molecule has 0 saturated heterocycles. The molecule has 98 valence electrons. The fourth-order valence-corrected chi connectivity index (χ4v) is 3.46. The Morgan fingerprint density at radius 1 is 1.50 bits per heavy atom. The second kappa shape index (κ2) is 5.67. The van der Waals surface area contributed by atoms with Crippen molar-refractivity contribution < 1.29 is 0 Å². The third kappa shape index (κ3) is 2.49. The summed E-state index contributed by atoms with van der Waals surface area (Å²) in [5, 5.41) is 2.14. The first kappa shape index (κ1) is 13.3. The lowest BCUT2D eigenvalue weighted by Gasteiger charge is -2.24. The van der Waals surface area contributed by atoms with Gasteiger partial charge in [0.25, 0.3) is 0 Å². The van der Waals surface area contributed by atoms with Gasteiger partial charge in [-0.3, -0.25) is 0 Å². The summed E-state index contributed by atoms with van der Waals surface area (Å²) in [6, 6.07) is 2.44. The molecule has 0 aliphatic rings. The number of aryl methyl sites for hydroxylation is 2. The Hall–Kier alpha value is -1.13. The molecule has 2 atom stereocenters. The van der Waals surface area contributed by atoms with E-state index in [4.69, 9.17) is 5.73 Å². The maximum atomic E-state index is 6.21. The molecule has 2 aromatic heterocycles. The highest BCUT2D eigenvalue weighted by Crippen LogP contribution is 2.30. The molecule has 2 unspecified atom stereocenters. The predicted octanol–water partition coefficient (Wildman–Crippen LogP) is 3.14. The van der Waals surface area contributed by atoms with Crippen LogP contribution in [0.1, 0.15) is 42.6 Å². The maximum absolute atomic E-state index is 6.21. The van der Waals surface area contributed by atoms with Gasteiger partial charge in [-0.25, -0.2) is 4.98 Å². The van der Waals surface area contributed by atoms with Crippen molar-refractivity contribution in [2.75, 3.05) is 0 Å². The molecule has 2 heterocycles. The lowest BCUT2D eigenvalue weighted by atomic mass is 10.1. The molecule has 2 rings (SSSR count). The van der Waals surface area contributed by atoms with E-state index in [9.17, 15) is 0 Å². The summed E-state index contributed by atoms with van der Waals surface area (Å²) < 4.78 is 2.24. The molecule has 0 bridgehead atoms. The minimum absolute atomic E-state index is 0.0761. The van der Waals surface area contributed by atoms with Gasteiger partial charge >= 0.3 is 0 Å². The van der Waals surface area contributed by atoms with Crippen molar-refractivity contribution in [3.63, 3.8) is 0 Å². The summed E-state index contributed by atoms with van der Waals surface area (Å²) in [7, 11) is 0. The van der Waals surface area contributed by atoms with Crippen molar-refractivity contribution in [3.8, 4) is 0 Å². The van der Waals surface area contributed by atoms with Crippen LogP contribution in [0.5, 0.6) is 0 Å². The third-order valence-electron chi connectivity index (χ3n) is 3.19. The minimum Gasteiger partial charge on any atom is -0.326 e. The Balaban J connectivity index is 2.42. The van der Waals surface area contributed by atoms with Gasteiger partial charge in [-0.1, -0.05) is 6.92 Å². The van der Waals surface area contributed by atoms with Crippen molar-refractivity contribution in [1.82, 2.24) is 9.55 Å². The smallest absolute Gasteiger partial charge is 0.109 e. The molecule has 0 radical (unpaired) electrons. The third-order valence-corrected chi connectivity index (χ3v) is 4.28. The standard InChI is InChI=1S/C14H21N3S/c1-4-5-12-16-7-8-17(12)13(11(3)15)14-10(2)6-9-18-14/h6-9,11,13H,4-5,15H2,1-3H3. The Kier molecular flexibility index (Phi) is 4.19. The van der Waals surface area contributed by atoms with Crippen LogP contribution in [0.3, 0.4) is 0 Å². The van der Waals surface area contributed by atoms with Gasteiger partial charge in [0, 0.05) is 29.7 Å². The average Bonchev–Trinajstić information content (AvgIpc) is 2.91. The second-order valence-electron chi connectivity index (χ2n) is 4.77. The van der Waals surface area contributed by atoms with Gasteiger partial charge in [0.15, 0.2) is 0 Å². The van der Waals surface area contributed by atoms with Crippen LogP contribution in [0.15, 0.2) is 23.8 Å². The number of aromatic nitrogens is 2. The summed E-state index contributed by atoms with van der Waals surface area (Å²) in [5.74, 6) is 1.13. The minimum atomic E-state index is 0.0761. The van der Waals surface area contributed by atoms with Crippen LogP contribution in [0.4, 0.5) is 0 Å². The first-order valence-corrected chi connectivity index (χ1v) is 7.34. The quantitative estimate of drug-likeness (QED) is 0.900. The largest absolute Gasteiger partial charge is 0.326 e. The van der Waals surface area contributed by atoms with Crippen molar-refractivity contribution in [2.45, 2.75) is 45.7 Å². The van der Waals surface area contributed by atoms with E-state index < -0.39 is 0 Å². The van der Waals surface area contributed by atoms with Crippen LogP contribution in [0.2, 0.25) is 0 Å². The number of nitrogens with zero attached hydrogens (tertiary/aromatic N) is 2. The van der Waals surface area contributed by atoms with Gasteiger partial charge in [0.05, 0.1) is 6.04 Å². The van der Waals surface area contributed by atoms with E-state index in [1.165, 1.54) is 10.4 Å². The van der Waals surface area contributed by atoms with E-state index in [0.717, 1.165) is 18.7 Å². The average molecular weight is 263 g/mol. The van der Waals surface area contributed by atoms with Gasteiger partial charge < -0.3 is 10.3 Å². The summed E-state index contributed by atoms with van der Waals surface area (Å²) >= 11 is 1.78. The molecule has 2 aromatic rings. The van der Waals surface area contributed by atoms with Crippen LogP contribution in [-0.4, -0.2) is 15.6 Å². The van der Waals surface area contributed by atoms with Gasteiger partial charge in [0.2, 0.25) is 0 Å². The van der Waals surface area contributed by atoms with Crippen LogP contribution >= 0.6 is 11.3 Å². The molecule has 0 aromatic carbocycles. The summed E-state index contributed by atoms with van der Waals surface area (Å²) in [5.41, 5.74) is 7.53. The molecule has 0 saturated carbocycles. The van der Waals surface area contributed by atoms with E-state index in [1.54, 1.807) is 11.3 Å². The monoisotopic (exact) mass is 263 g/mol. The number of hydrogen-bond donors (Lipinski definition) is 1. The molecule has 3 nitrogen and oxygen atoms in total. The summed E-state index contributed by atoms with van der Waals surface area (Å²) in [6.07, 6.45) is 6.04. The number of nitrogens with two attached hydrogens (primary N) is 1. The van der Waals surface area contributed by atoms with Crippen LogP contribution in [0.25, 0.3) is 0 Å². The highest BCUT2D eigenvalue weighted by Gasteiger charge is 2.23. The fourth-order valence-electron chi connectivity index (χ4n) is 2.32. The molecule has 0 spiro atoms. The molecule has 0 amide bonds. The van der Waals surface area contributed by atoms with Crippen LogP contribution in [-0.2, 0) is 6.42 Å². The van der Waals surface area contributed by atoms with Crippen LogP contribution in [0, 0.1) is 6.92 Å².